The Labute approximate surface area is 128 Å². The molecule has 0 saturated heterocycles. The van der Waals surface area contributed by atoms with E-state index < -0.39 is 0 Å². The van der Waals surface area contributed by atoms with Crippen molar-refractivity contribution in [2.75, 3.05) is 0 Å². The molecule has 1 heterocycles. The summed E-state index contributed by atoms with van der Waals surface area (Å²) in [6.45, 7) is 0. The van der Waals surface area contributed by atoms with Crippen LogP contribution in [0.25, 0.3) is 11.0 Å². The minimum absolute atomic E-state index is 0.00206. The highest BCUT2D eigenvalue weighted by atomic mass is 35.5. The lowest BCUT2D eigenvalue weighted by molar-refractivity contribution is 0.532. The number of para-hydroxylation sites is 2. The van der Waals surface area contributed by atoms with Crippen molar-refractivity contribution in [3.8, 4) is 0 Å². The second kappa shape index (κ2) is 5.85. The molecule has 0 radical (unpaired) electrons. The molecule has 5 heteroatoms. The number of halogens is 1. The average molecular weight is 301 g/mol. The fraction of sp³-hybridized carbons (Fsp3) is 0.188. The van der Waals surface area contributed by atoms with Crippen molar-refractivity contribution in [2.45, 2.75) is 12.5 Å². The van der Waals surface area contributed by atoms with Gasteiger partial charge in [-0.1, -0.05) is 35.9 Å². The van der Waals surface area contributed by atoms with Gasteiger partial charge >= 0.3 is 0 Å². The molecule has 0 bridgehead atoms. The summed E-state index contributed by atoms with van der Waals surface area (Å²) in [5.74, 6) is 6.71. The summed E-state index contributed by atoms with van der Waals surface area (Å²) in [7, 11) is 2.03. The zero-order valence-electron chi connectivity index (χ0n) is 11.8. The predicted molar refractivity (Wildman–Crippen MR) is 85.9 cm³/mol. The fourth-order valence-electron chi connectivity index (χ4n) is 2.53. The largest absolute Gasteiger partial charge is 0.331 e. The number of nitrogens with one attached hydrogen (secondary N) is 1. The van der Waals surface area contributed by atoms with E-state index in [2.05, 4.69) is 21.0 Å². The van der Waals surface area contributed by atoms with Crippen LogP contribution in [-0.2, 0) is 13.5 Å². The molecule has 0 aliphatic carbocycles. The number of imidazole rings is 1. The minimum atomic E-state index is -0.00206. The van der Waals surface area contributed by atoms with Gasteiger partial charge in [0, 0.05) is 18.5 Å². The Balaban J connectivity index is 1.92. The molecule has 0 aliphatic heterocycles. The van der Waals surface area contributed by atoms with Crippen LogP contribution in [-0.4, -0.2) is 9.55 Å². The topological polar surface area (TPSA) is 55.9 Å². The molecular formula is C16H17ClN4. The van der Waals surface area contributed by atoms with Crippen LogP contribution in [0.15, 0.2) is 48.5 Å². The molecule has 3 rings (SSSR count). The second-order valence-corrected chi connectivity index (χ2v) is 5.49. The molecule has 4 nitrogen and oxygen atoms in total. The first-order valence-corrected chi connectivity index (χ1v) is 7.19. The Morgan fingerprint density at radius 3 is 2.57 bits per heavy atom. The van der Waals surface area contributed by atoms with Gasteiger partial charge < -0.3 is 4.57 Å². The Bertz CT molecular complexity index is 749. The first-order valence-electron chi connectivity index (χ1n) is 6.81. The van der Waals surface area contributed by atoms with E-state index in [9.17, 15) is 0 Å². The van der Waals surface area contributed by atoms with Crippen molar-refractivity contribution in [3.63, 3.8) is 0 Å². The maximum atomic E-state index is 5.93. The van der Waals surface area contributed by atoms with Gasteiger partial charge in [-0.3, -0.25) is 11.3 Å². The van der Waals surface area contributed by atoms with Crippen molar-refractivity contribution < 1.29 is 0 Å². The van der Waals surface area contributed by atoms with Crippen LogP contribution in [0, 0.1) is 0 Å². The standard InChI is InChI=1S/C16H17ClN4/c1-21-15-5-3-2-4-13(15)19-16(21)10-14(20-18)11-6-8-12(17)9-7-11/h2-9,14,20H,10,18H2,1H3. The summed E-state index contributed by atoms with van der Waals surface area (Å²) >= 11 is 5.93. The smallest absolute Gasteiger partial charge is 0.111 e. The SMILES string of the molecule is Cn1c(CC(NN)c2ccc(Cl)cc2)nc2ccccc21. The number of hydrogen-bond donors (Lipinski definition) is 2. The summed E-state index contributed by atoms with van der Waals surface area (Å²) in [6, 6.07) is 15.8. The third kappa shape index (κ3) is 2.78. The Morgan fingerprint density at radius 1 is 1.19 bits per heavy atom. The van der Waals surface area contributed by atoms with Crippen LogP contribution in [0.5, 0.6) is 0 Å². The highest BCUT2D eigenvalue weighted by molar-refractivity contribution is 6.30. The van der Waals surface area contributed by atoms with E-state index in [1.807, 2.05) is 49.5 Å². The van der Waals surface area contributed by atoms with Gasteiger partial charge in [-0.2, -0.15) is 0 Å². The first-order chi connectivity index (χ1) is 10.2. The van der Waals surface area contributed by atoms with Crippen molar-refractivity contribution in [2.24, 2.45) is 12.9 Å². The lowest BCUT2D eigenvalue weighted by Crippen LogP contribution is -2.30. The number of nitrogens with zero attached hydrogens (tertiary/aromatic N) is 2. The fourth-order valence-corrected chi connectivity index (χ4v) is 2.65. The zero-order chi connectivity index (χ0) is 14.8. The van der Waals surface area contributed by atoms with Crippen LogP contribution >= 0.6 is 11.6 Å². The molecule has 0 aliphatic rings. The van der Waals surface area contributed by atoms with Crippen molar-refractivity contribution in [1.29, 1.82) is 0 Å². The lowest BCUT2D eigenvalue weighted by atomic mass is 10.0. The maximum absolute atomic E-state index is 5.93. The summed E-state index contributed by atoms with van der Waals surface area (Å²) in [4.78, 5) is 4.68. The molecule has 0 spiro atoms. The van der Waals surface area contributed by atoms with E-state index >= 15 is 0 Å². The van der Waals surface area contributed by atoms with E-state index in [4.69, 9.17) is 17.4 Å². The number of fused-ring (bicyclic) bond motifs is 1. The number of hydrazine groups is 1. The highest BCUT2D eigenvalue weighted by Gasteiger charge is 2.15. The van der Waals surface area contributed by atoms with Gasteiger partial charge in [0.1, 0.15) is 5.82 Å². The molecule has 0 fully saturated rings. The summed E-state index contributed by atoms with van der Waals surface area (Å²) in [5.41, 5.74) is 6.08. The van der Waals surface area contributed by atoms with E-state index in [1.165, 1.54) is 0 Å². The van der Waals surface area contributed by atoms with Crippen molar-refractivity contribution in [3.05, 3.63) is 64.9 Å². The van der Waals surface area contributed by atoms with E-state index in [0.29, 0.717) is 6.42 Å². The van der Waals surface area contributed by atoms with E-state index in [0.717, 1.165) is 27.4 Å². The van der Waals surface area contributed by atoms with Crippen LogP contribution < -0.4 is 11.3 Å². The number of aryl methyl sites for hydroxylation is 1. The van der Waals surface area contributed by atoms with Crippen molar-refractivity contribution in [1.82, 2.24) is 15.0 Å². The molecule has 0 amide bonds. The Morgan fingerprint density at radius 2 is 1.90 bits per heavy atom. The molecule has 21 heavy (non-hydrogen) atoms. The quantitative estimate of drug-likeness (QED) is 0.575. The molecule has 3 aromatic rings. The van der Waals surface area contributed by atoms with E-state index in [-0.39, 0.29) is 6.04 Å². The first kappa shape index (κ1) is 14.1. The number of hydrogen-bond acceptors (Lipinski definition) is 3. The van der Waals surface area contributed by atoms with Gasteiger partial charge in [-0.05, 0) is 29.8 Å². The van der Waals surface area contributed by atoms with Gasteiger partial charge in [-0.15, -0.1) is 0 Å². The molecular weight excluding hydrogens is 284 g/mol. The zero-order valence-corrected chi connectivity index (χ0v) is 12.5. The number of rotatable bonds is 4. The molecule has 0 saturated carbocycles. The average Bonchev–Trinajstić information content (AvgIpc) is 2.83. The summed E-state index contributed by atoms with van der Waals surface area (Å²) in [6.07, 6.45) is 0.712. The predicted octanol–water partition coefficient (Wildman–Crippen LogP) is 2.97. The third-order valence-electron chi connectivity index (χ3n) is 3.74. The van der Waals surface area contributed by atoms with Gasteiger partial charge in [0.25, 0.3) is 0 Å². The molecule has 1 aromatic heterocycles. The van der Waals surface area contributed by atoms with E-state index in [1.54, 1.807) is 0 Å². The Kier molecular flexibility index (Phi) is 3.92. The highest BCUT2D eigenvalue weighted by Crippen LogP contribution is 2.22. The summed E-state index contributed by atoms with van der Waals surface area (Å²) in [5, 5.41) is 0.720. The molecule has 2 aromatic carbocycles. The molecule has 108 valence electrons. The van der Waals surface area contributed by atoms with Gasteiger partial charge in [0.15, 0.2) is 0 Å². The van der Waals surface area contributed by atoms with Gasteiger partial charge in [-0.25, -0.2) is 4.98 Å². The summed E-state index contributed by atoms with van der Waals surface area (Å²) < 4.78 is 2.11. The molecule has 1 unspecified atom stereocenters. The van der Waals surface area contributed by atoms with Crippen molar-refractivity contribution >= 4 is 22.6 Å². The molecule has 1 atom stereocenters. The second-order valence-electron chi connectivity index (χ2n) is 5.05. The maximum Gasteiger partial charge on any atom is 0.111 e. The van der Waals surface area contributed by atoms with Crippen LogP contribution in [0.3, 0.4) is 0 Å². The monoisotopic (exact) mass is 300 g/mol. The van der Waals surface area contributed by atoms with Gasteiger partial charge in [0.2, 0.25) is 0 Å². The van der Waals surface area contributed by atoms with Gasteiger partial charge in [0.05, 0.1) is 17.1 Å². The number of benzene rings is 2. The normalized spacial score (nSPS) is 12.7. The van der Waals surface area contributed by atoms with Crippen LogP contribution in [0.1, 0.15) is 17.4 Å². The lowest BCUT2D eigenvalue weighted by Gasteiger charge is -2.16. The number of aromatic nitrogens is 2. The van der Waals surface area contributed by atoms with Crippen LogP contribution in [0.4, 0.5) is 0 Å². The third-order valence-corrected chi connectivity index (χ3v) is 3.99. The molecule has 3 N–H and O–H groups in total. The minimum Gasteiger partial charge on any atom is -0.331 e. The Hall–Kier alpha value is -1.88. The number of nitrogens with two attached hydrogens (primary N) is 1. The van der Waals surface area contributed by atoms with Crippen LogP contribution in [0.2, 0.25) is 5.02 Å².